The molecular weight excluding hydrogens is 318 g/mol. The van der Waals surface area contributed by atoms with E-state index in [0.717, 1.165) is 25.7 Å². The van der Waals surface area contributed by atoms with E-state index in [4.69, 9.17) is 5.73 Å². The molecule has 3 aliphatic rings. The van der Waals surface area contributed by atoms with Gasteiger partial charge < -0.3 is 20.9 Å². The van der Waals surface area contributed by atoms with Crippen LogP contribution < -0.4 is 11.1 Å². The van der Waals surface area contributed by atoms with Crippen molar-refractivity contribution < 1.29 is 9.59 Å². The van der Waals surface area contributed by atoms with Crippen LogP contribution in [-0.4, -0.2) is 58.5 Å². The molecule has 3 N–H and O–H groups in total. The molecular formula is C18H29N5O2. The van der Waals surface area contributed by atoms with Crippen molar-refractivity contribution in [3.63, 3.8) is 0 Å². The summed E-state index contributed by atoms with van der Waals surface area (Å²) < 4.78 is 0. The van der Waals surface area contributed by atoms with Gasteiger partial charge in [-0.2, -0.15) is 5.26 Å². The second-order valence-corrected chi connectivity index (χ2v) is 8.72. The largest absolute Gasteiger partial charge is 0.333 e. The van der Waals surface area contributed by atoms with E-state index in [-0.39, 0.29) is 35.5 Å². The fraction of sp³-hybridized carbons (Fsp3) is 0.833. The summed E-state index contributed by atoms with van der Waals surface area (Å²) in [6.45, 7) is 7.10. The molecule has 138 valence electrons. The van der Waals surface area contributed by atoms with E-state index in [1.807, 2.05) is 20.8 Å². The molecule has 7 heteroatoms. The van der Waals surface area contributed by atoms with Crippen molar-refractivity contribution in [3.8, 4) is 6.07 Å². The van der Waals surface area contributed by atoms with Crippen molar-refractivity contribution >= 4 is 11.9 Å². The lowest BCUT2D eigenvalue weighted by Crippen LogP contribution is -2.55. The fourth-order valence-electron chi connectivity index (χ4n) is 4.12. The standard InChI is InChI=1S/C18H29N5O2/c1-18(2,3)21-17(25)22-6-4-11(5-7-22)15(20)16(24)23-13(10-19)8-12-9-14(12)23/h11-15H,4-9,20H2,1-3H3,(H,21,25)/t12-,13+,14+,15+/m1/s1. The number of fused-ring (bicyclic) bond motifs is 1. The first-order chi connectivity index (χ1) is 11.7. The first kappa shape index (κ1) is 18.0. The van der Waals surface area contributed by atoms with E-state index in [9.17, 15) is 14.9 Å². The van der Waals surface area contributed by atoms with Gasteiger partial charge in [0.2, 0.25) is 5.91 Å². The molecule has 7 nitrogen and oxygen atoms in total. The van der Waals surface area contributed by atoms with Gasteiger partial charge >= 0.3 is 6.03 Å². The molecule has 0 radical (unpaired) electrons. The smallest absolute Gasteiger partial charge is 0.317 e. The van der Waals surface area contributed by atoms with Crippen LogP contribution in [0, 0.1) is 23.2 Å². The molecule has 2 heterocycles. The number of nitrogens with one attached hydrogen (secondary N) is 1. The molecule has 0 spiro atoms. The van der Waals surface area contributed by atoms with Gasteiger partial charge in [0, 0.05) is 24.7 Å². The van der Waals surface area contributed by atoms with Crippen LogP contribution >= 0.6 is 0 Å². The summed E-state index contributed by atoms with van der Waals surface area (Å²) in [4.78, 5) is 28.6. The maximum atomic E-state index is 12.8. The first-order valence-corrected chi connectivity index (χ1v) is 9.25. The van der Waals surface area contributed by atoms with Crippen molar-refractivity contribution in [3.05, 3.63) is 0 Å². The SMILES string of the molecule is CC(C)(C)NC(=O)N1CCC([C@H](N)C(=O)N2[C@H](C#N)C[C@@H]3C[C@@H]32)CC1. The highest BCUT2D eigenvalue weighted by molar-refractivity contribution is 5.84. The Hall–Kier alpha value is -1.81. The van der Waals surface area contributed by atoms with Crippen LogP contribution in [0.5, 0.6) is 0 Å². The summed E-state index contributed by atoms with van der Waals surface area (Å²) in [5, 5.41) is 12.2. The fourth-order valence-corrected chi connectivity index (χ4v) is 4.12. The quantitative estimate of drug-likeness (QED) is 0.779. The van der Waals surface area contributed by atoms with Gasteiger partial charge in [-0.1, -0.05) is 0 Å². The minimum atomic E-state index is -0.567. The lowest BCUT2D eigenvalue weighted by atomic mass is 9.89. The number of nitriles is 1. The van der Waals surface area contributed by atoms with Crippen LogP contribution in [0.1, 0.15) is 46.5 Å². The van der Waals surface area contributed by atoms with Crippen LogP contribution in [0.15, 0.2) is 0 Å². The van der Waals surface area contributed by atoms with Crippen molar-refractivity contribution in [2.45, 2.75) is 70.1 Å². The van der Waals surface area contributed by atoms with E-state index in [0.29, 0.717) is 19.0 Å². The number of carbonyl (C=O) groups excluding carboxylic acids is 2. The van der Waals surface area contributed by atoms with E-state index in [1.54, 1.807) is 9.80 Å². The number of nitrogens with two attached hydrogens (primary N) is 1. The summed E-state index contributed by atoms with van der Waals surface area (Å²) >= 11 is 0. The maximum absolute atomic E-state index is 12.8. The number of piperidine rings is 2. The molecule has 0 unspecified atom stereocenters. The van der Waals surface area contributed by atoms with Crippen molar-refractivity contribution in [2.24, 2.45) is 17.6 Å². The molecule has 0 aromatic heterocycles. The van der Waals surface area contributed by atoms with Gasteiger partial charge in [-0.15, -0.1) is 0 Å². The van der Waals surface area contributed by atoms with Crippen LogP contribution in [0.3, 0.4) is 0 Å². The Balaban J connectivity index is 1.53. The van der Waals surface area contributed by atoms with Crippen molar-refractivity contribution in [2.75, 3.05) is 13.1 Å². The highest BCUT2D eigenvalue weighted by Gasteiger charge is 2.55. The Morgan fingerprint density at radius 3 is 2.44 bits per heavy atom. The molecule has 3 amide bonds. The molecule has 3 fully saturated rings. The molecule has 4 atom stereocenters. The second-order valence-electron chi connectivity index (χ2n) is 8.72. The molecule has 0 aromatic carbocycles. The third-order valence-electron chi connectivity index (χ3n) is 5.61. The van der Waals surface area contributed by atoms with Gasteiger partial charge in [-0.05, 0) is 58.3 Å². The average molecular weight is 347 g/mol. The van der Waals surface area contributed by atoms with Crippen molar-refractivity contribution in [1.82, 2.24) is 15.1 Å². The second kappa shape index (κ2) is 6.49. The van der Waals surface area contributed by atoms with Gasteiger partial charge in [-0.25, -0.2) is 4.79 Å². The Morgan fingerprint density at radius 1 is 1.24 bits per heavy atom. The zero-order chi connectivity index (χ0) is 18.4. The normalized spacial score (nSPS) is 30.4. The lowest BCUT2D eigenvalue weighted by Gasteiger charge is -2.37. The molecule has 2 saturated heterocycles. The van der Waals surface area contributed by atoms with E-state index in [2.05, 4.69) is 11.4 Å². The minimum absolute atomic E-state index is 0.0595. The Bertz CT molecular complexity index is 585. The lowest BCUT2D eigenvalue weighted by molar-refractivity contribution is -0.135. The molecule has 1 saturated carbocycles. The number of nitrogens with zero attached hydrogens (tertiary/aromatic N) is 3. The summed E-state index contributed by atoms with van der Waals surface area (Å²) in [6.07, 6.45) is 3.26. The third kappa shape index (κ3) is 3.74. The predicted octanol–water partition coefficient (Wildman–Crippen LogP) is 1.05. The summed E-state index contributed by atoms with van der Waals surface area (Å²) in [7, 11) is 0. The topological polar surface area (TPSA) is 102 Å². The number of carbonyl (C=O) groups is 2. The van der Waals surface area contributed by atoms with E-state index >= 15 is 0 Å². The Kier molecular flexibility index (Phi) is 4.67. The first-order valence-electron chi connectivity index (χ1n) is 9.25. The molecule has 25 heavy (non-hydrogen) atoms. The van der Waals surface area contributed by atoms with Crippen LogP contribution in [0.4, 0.5) is 4.79 Å². The van der Waals surface area contributed by atoms with E-state index < -0.39 is 6.04 Å². The number of amides is 3. The zero-order valence-corrected chi connectivity index (χ0v) is 15.4. The monoisotopic (exact) mass is 347 g/mol. The Morgan fingerprint density at radius 2 is 1.88 bits per heavy atom. The molecule has 2 aliphatic heterocycles. The molecule has 0 aromatic rings. The Labute approximate surface area is 149 Å². The van der Waals surface area contributed by atoms with Gasteiger partial charge in [0.1, 0.15) is 6.04 Å². The van der Waals surface area contributed by atoms with Crippen molar-refractivity contribution in [1.29, 1.82) is 5.26 Å². The highest BCUT2D eigenvalue weighted by Crippen LogP contribution is 2.48. The average Bonchev–Trinajstić information content (AvgIpc) is 3.22. The number of rotatable bonds is 2. The van der Waals surface area contributed by atoms with Crippen LogP contribution in [-0.2, 0) is 4.79 Å². The zero-order valence-electron chi connectivity index (χ0n) is 15.4. The summed E-state index contributed by atoms with van der Waals surface area (Å²) in [6, 6.07) is 1.55. The molecule has 0 bridgehead atoms. The van der Waals surface area contributed by atoms with Gasteiger partial charge in [0.15, 0.2) is 0 Å². The number of likely N-dealkylation sites (tertiary alicyclic amines) is 2. The number of hydrogen-bond acceptors (Lipinski definition) is 4. The van der Waals surface area contributed by atoms with Gasteiger partial charge in [-0.3, -0.25) is 4.79 Å². The number of urea groups is 1. The van der Waals surface area contributed by atoms with Crippen LogP contribution in [0.25, 0.3) is 0 Å². The highest BCUT2D eigenvalue weighted by atomic mass is 16.2. The third-order valence-corrected chi connectivity index (χ3v) is 5.61. The molecule has 3 rings (SSSR count). The van der Waals surface area contributed by atoms with E-state index in [1.165, 1.54) is 0 Å². The summed E-state index contributed by atoms with van der Waals surface area (Å²) in [5.41, 5.74) is 6.01. The number of hydrogen-bond donors (Lipinski definition) is 2. The van der Waals surface area contributed by atoms with Gasteiger partial charge in [0.05, 0.1) is 12.1 Å². The predicted molar refractivity (Wildman–Crippen MR) is 93.3 cm³/mol. The minimum Gasteiger partial charge on any atom is -0.333 e. The van der Waals surface area contributed by atoms with Crippen LogP contribution in [0.2, 0.25) is 0 Å². The van der Waals surface area contributed by atoms with Gasteiger partial charge in [0.25, 0.3) is 0 Å². The summed E-state index contributed by atoms with van der Waals surface area (Å²) in [5.74, 6) is 0.501. The molecule has 1 aliphatic carbocycles. The maximum Gasteiger partial charge on any atom is 0.317 e.